The van der Waals surface area contributed by atoms with Crippen LogP contribution in [0.5, 0.6) is 11.5 Å². The summed E-state index contributed by atoms with van der Waals surface area (Å²) in [7, 11) is 0. The van der Waals surface area contributed by atoms with Crippen molar-refractivity contribution in [1.82, 2.24) is 5.32 Å². The normalized spacial score (nSPS) is 12.7. The Kier molecular flexibility index (Phi) is 4.65. The molecule has 0 unspecified atom stereocenters. The molecule has 8 heteroatoms. The minimum atomic E-state index is -0.412. The highest BCUT2D eigenvalue weighted by molar-refractivity contribution is 6.34. The summed E-state index contributed by atoms with van der Waals surface area (Å²) in [5.74, 6) is 0.233. The number of hydrogen-bond acceptors (Lipinski definition) is 5. The number of carbonyl (C=O) groups is 2. The molecule has 2 amide bonds. The first-order valence-electron chi connectivity index (χ1n) is 5.96. The smallest absolute Gasteiger partial charge is 0.243 e. The summed E-state index contributed by atoms with van der Waals surface area (Å²) in [6.45, 7) is 0.549. The Labute approximate surface area is 120 Å². The fourth-order valence-corrected chi connectivity index (χ4v) is 1.81. The van der Waals surface area contributed by atoms with E-state index in [1.165, 1.54) is 0 Å². The van der Waals surface area contributed by atoms with Crippen molar-refractivity contribution in [3.63, 3.8) is 0 Å². The topological polar surface area (TPSA) is 103 Å². The van der Waals surface area contributed by atoms with E-state index in [9.17, 15) is 9.59 Å². The third-order valence-corrected chi connectivity index (χ3v) is 2.85. The number of hydrogen-bond donors (Lipinski definition) is 3. The molecule has 0 fully saturated rings. The van der Waals surface area contributed by atoms with E-state index < -0.39 is 11.8 Å². The van der Waals surface area contributed by atoms with Crippen molar-refractivity contribution < 1.29 is 19.1 Å². The zero-order chi connectivity index (χ0) is 14.5. The van der Waals surface area contributed by atoms with Crippen LogP contribution in [0.4, 0.5) is 5.69 Å². The molecule has 20 heavy (non-hydrogen) atoms. The molecule has 1 aliphatic heterocycles. The average Bonchev–Trinajstić information content (AvgIpc) is 2.45. The summed E-state index contributed by atoms with van der Waals surface area (Å²) in [4.78, 5) is 22.6. The van der Waals surface area contributed by atoms with E-state index >= 15 is 0 Å². The molecule has 0 saturated heterocycles. The van der Waals surface area contributed by atoms with Gasteiger partial charge in [-0.3, -0.25) is 9.59 Å². The lowest BCUT2D eigenvalue weighted by atomic mass is 10.2. The van der Waals surface area contributed by atoms with Crippen LogP contribution >= 0.6 is 11.6 Å². The Morgan fingerprint density at radius 1 is 1.20 bits per heavy atom. The molecular weight excluding hydrogens is 286 g/mol. The molecule has 1 aromatic carbocycles. The molecule has 7 nitrogen and oxygen atoms in total. The first-order chi connectivity index (χ1) is 9.60. The van der Waals surface area contributed by atoms with Gasteiger partial charge in [0, 0.05) is 12.1 Å². The van der Waals surface area contributed by atoms with E-state index in [0.29, 0.717) is 35.4 Å². The van der Waals surface area contributed by atoms with Gasteiger partial charge in [0.25, 0.3) is 0 Å². The maximum Gasteiger partial charge on any atom is 0.243 e. The van der Waals surface area contributed by atoms with Gasteiger partial charge >= 0.3 is 0 Å². The summed E-state index contributed by atoms with van der Waals surface area (Å²) < 4.78 is 10.8. The van der Waals surface area contributed by atoms with E-state index in [1.54, 1.807) is 12.1 Å². The lowest BCUT2D eigenvalue weighted by Gasteiger charge is -2.20. The quantitative estimate of drug-likeness (QED) is 0.733. The molecule has 0 aliphatic carbocycles. The van der Waals surface area contributed by atoms with Gasteiger partial charge in [0.15, 0.2) is 11.5 Å². The molecule has 2 rings (SSSR count). The van der Waals surface area contributed by atoms with Crippen molar-refractivity contribution in [2.24, 2.45) is 5.73 Å². The number of anilines is 1. The average molecular weight is 300 g/mol. The van der Waals surface area contributed by atoms with Gasteiger partial charge in [-0.2, -0.15) is 0 Å². The lowest BCUT2D eigenvalue weighted by molar-refractivity contribution is -0.123. The van der Waals surface area contributed by atoms with Crippen molar-refractivity contribution in [3.05, 3.63) is 17.2 Å². The summed E-state index contributed by atoms with van der Waals surface area (Å²) in [5.41, 5.74) is 5.51. The van der Waals surface area contributed by atoms with E-state index in [0.717, 1.165) is 0 Å². The Balaban J connectivity index is 2.02. The number of halogens is 1. The van der Waals surface area contributed by atoms with Gasteiger partial charge in [-0.05, 0) is 0 Å². The number of nitrogens with one attached hydrogen (secondary N) is 2. The van der Waals surface area contributed by atoms with E-state index in [4.69, 9.17) is 26.8 Å². The van der Waals surface area contributed by atoms with Crippen molar-refractivity contribution >= 4 is 29.1 Å². The van der Waals surface area contributed by atoms with Crippen molar-refractivity contribution in [1.29, 1.82) is 0 Å². The molecule has 0 saturated carbocycles. The number of rotatable bonds is 4. The fraction of sp³-hybridized carbons (Fsp3) is 0.333. The van der Waals surface area contributed by atoms with E-state index in [-0.39, 0.29) is 13.1 Å². The van der Waals surface area contributed by atoms with Gasteiger partial charge in [0.2, 0.25) is 11.8 Å². The van der Waals surface area contributed by atoms with Crippen LogP contribution < -0.4 is 25.8 Å². The minimum absolute atomic E-state index is 0.169. The molecule has 0 spiro atoms. The predicted octanol–water partition coefficient (Wildman–Crippen LogP) is 0.125. The van der Waals surface area contributed by atoms with Gasteiger partial charge in [0.05, 0.1) is 23.8 Å². The fourth-order valence-electron chi connectivity index (χ4n) is 1.61. The van der Waals surface area contributed by atoms with E-state index in [2.05, 4.69) is 10.6 Å². The molecular formula is C12H14ClN3O4. The number of ether oxygens (including phenoxy) is 2. The van der Waals surface area contributed by atoms with Crippen LogP contribution in [0.3, 0.4) is 0 Å². The Morgan fingerprint density at radius 3 is 2.50 bits per heavy atom. The first-order valence-corrected chi connectivity index (χ1v) is 6.33. The summed E-state index contributed by atoms with van der Waals surface area (Å²) in [5, 5.41) is 5.26. The highest BCUT2D eigenvalue weighted by Crippen LogP contribution is 2.37. The Morgan fingerprint density at radius 2 is 1.85 bits per heavy atom. The van der Waals surface area contributed by atoms with Crippen LogP contribution in [-0.4, -0.2) is 38.1 Å². The van der Waals surface area contributed by atoms with Crippen molar-refractivity contribution in [3.8, 4) is 11.5 Å². The standard InChI is InChI=1S/C12H14ClN3O4/c13-7-3-9-10(20-2-1-19-9)4-8(7)16-12(18)6-15-11(17)5-14/h3-4H,1-2,5-6,14H2,(H,15,17)(H,16,18). The van der Waals surface area contributed by atoms with Crippen LogP contribution in [0.2, 0.25) is 5.02 Å². The number of nitrogens with two attached hydrogens (primary N) is 1. The molecule has 1 aromatic rings. The maximum atomic E-state index is 11.7. The Hall–Kier alpha value is -1.99. The second kappa shape index (κ2) is 6.44. The summed E-state index contributed by atoms with van der Waals surface area (Å²) >= 11 is 6.04. The molecule has 4 N–H and O–H groups in total. The van der Waals surface area contributed by atoms with Crippen LogP contribution in [0.1, 0.15) is 0 Å². The highest BCUT2D eigenvalue weighted by Gasteiger charge is 2.16. The van der Waals surface area contributed by atoms with Gasteiger partial charge in [-0.25, -0.2) is 0 Å². The third-order valence-electron chi connectivity index (χ3n) is 2.54. The monoisotopic (exact) mass is 299 g/mol. The molecule has 1 aliphatic rings. The second-order valence-corrected chi connectivity index (χ2v) is 4.41. The van der Waals surface area contributed by atoms with E-state index in [1.807, 2.05) is 0 Å². The van der Waals surface area contributed by atoms with Crippen LogP contribution in [0.15, 0.2) is 12.1 Å². The molecule has 1 heterocycles. The van der Waals surface area contributed by atoms with Gasteiger partial charge < -0.3 is 25.8 Å². The van der Waals surface area contributed by atoms with Crippen molar-refractivity contribution in [2.45, 2.75) is 0 Å². The lowest BCUT2D eigenvalue weighted by Crippen LogP contribution is -2.36. The molecule has 0 atom stereocenters. The SMILES string of the molecule is NCC(=O)NCC(=O)Nc1cc2c(cc1Cl)OCCO2. The first kappa shape index (κ1) is 14.4. The van der Waals surface area contributed by atoms with Crippen LogP contribution in [-0.2, 0) is 9.59 Å². The summed E-state index contributed by atoms with van der Waals surface area (Å²) in [6.07, 6.45) is 0. The minimum Gasteiger partial charge on any atom is -0.486 e. The molecule has 108 valence electrons. The predicted molar refractivity (Wildman–Crippen MR) is 73.1 cm³/mol. The Bertz CT molecular complexity index is 536. The largest absolute Gasteiger partial charge is 0.486 e. The van der Waals surface area contributed by atoms with Crippen LogP contribution in [0.25, 0.3) is 0 Å². The number of fused-ring (bicyclic) bond motifs is 1. The third kappa shape index (κ3) is 3.52. The molecule has 0 radical (unpaired) electrons. The summed E-state index contributed by atoms with van der Waals surface area (Å²) in [6, 6.07) is 3.16. The number of benzene rings is 1. The van der Waals surface area contributed by atoms with Gasteiger partial charge in [0.1, 0.15) is 13.2 Å². The number of amides is 2. The zero-order valence-corrected chi connectivity index (χ0v) is 11.3. The molecule has 0 bridgehead atoms. The van der Waals surface area contributed by atoms with Gasteiger partial charge in [-0.15, -0.1) is 0 Å². The zero-order valence-electron chi connectivity index (χ0n) is 10.6. The molecule has 0 aromatic heterocycles. The van der Waals surface area contributed by atoms with Gasteiger partial charge in [-0.1, -0.05) is 11.6 Å². The van der Waals surface area contributed by atoms with Crippen molar-refractivity contribution in [2.75, 3.05) is 31.6 Å². The maximum absolute atomic E-state index is 11.7. The second-order valence-electron chi connectivity index (χ2n) is 4.00. The highest BCUT2D eigenvalue weighted by atomic mass is 35.5. The number of carbonyl (C=O) groups excluding carboxylic acids is 2. The van der Waals surface area contributed by atoms with Crippen LogP contribution in [0, 0.1) is 0 Å².